The molecule has 1 aliphatic rings. The van der Waals surface area contributed by atoms with Gasteiger partial charge in [0, 0.05) is 36.1 Å². The van der Waals surface area contributed by atoms with Crippen LogP contribution in [0, 0.1) is 23.7 Å². The Morgan fingerprint density at radius 3 is 2.49 bits per heavy atom. The Morgan fingerprint density at radius 2 is 1.82 bits per heavy atom. The van der Waals surface area contributed by atoms with E-state index >= 15 is 0 Å². The largest absolute Gasteiger partial charge is 0.462 e. The van der Waals surface area contributed by atoms with Crippen molar-refractivity contribution in [1.29, 1.82) is 0 Å². The minimum Gasteiger partial charge on any atom is -0.462 e. The van der Waals surface area contributed by atoms with Gasteiger partial charge >= 0.3 is 18.0 Å². The number of aryl methyl sites for hydroxylation is 1. The predicted molar refractivity (Wildman–Crippen MR) is 178 cm³/mol. The van der Waals surface area contributed by atoms with Crippen molar-refractivity contribution in [1.82, 2.24) is 20.6 Å². The van der Waals surface area contributed by atoms with Gasteiger partial charge in [-0.1, -0.05) is 66.0 Å². The minimum atomic E-state index is -0.460. The summed E-state index contributed by atoms with van der Waals surface area (Å²) in [5, 5.41) is 11.5. The van der Waals surface area contributed by atoms with Gasteiger partial charge in [-0.05, 0) is 73.1 Å². The fraction of sp³-hybridized carbons (Fsp3) is 0.559. The summed E-state index contributed by atoms with van der Waals surface area (Å²) in [4.78, 5) is 55.9. The summed E-state index contributed by atoms with van der Waals surface area (Å²) in [6.07, 6.45) is 9.81. The molecule has 0 spiro atoms. The van der Waals surface area contributed by atoms with Crippen molar-refractivity contribution in [2.75, 3.05) is 23.8 Å². The molecular weight excluding hydrogens is 572 g/mol. The number of carbonyl (C=O) groups excluding carboxylic acids is 3. The number of hydrogen-bond donors (Lipinski definition) is 5. The summed E-state index contributed by atoms with van der Waals surface area (Å²) in [6.45, 7) is 13.2. The first-order valence-electron chi connectivity index (χ1n) is 15.9. The van der Waals surface area contributed by atoms with Crippen LogP contribution in [-0.2, 0) is 9.53 Å². The van der Waals surface area contributed by atoms with Crippen molar-refractivity contribution in [3.05, 3.63) is 58.0 Å². The van der Waals surface area contributed by atoms with E-state index in [9.17, 15) is 19.2 Å². The number of rotatable bonds is 13. The highest BCUT2D eigenvalue weighted by Gasteiger charge is 2.42. The SMILES string of the molecule is CCCCC(CC)COC(=O)C=Cc1ccc(NC(=O)NC2CC(C)(C)CC(C)(CNC(=O)Nc3nc(C)cc(=O)[nH]3)C2)cc1. The summed E-state index contributed by atoms with van der Waals surface area (Å²) in [7, 11) is 0. The number of amides is 4. The Labute approximate surface area is 266 Å². The van der Waals surface area contributed by atoms with Crippen molar-refractivity contribution >= 4 is 35.7 Å². The quantitative estimate of drug-likeness (QED) is 0.129. The minimum absolute atomic E-state index is 0.0610. The Kier molecular flexibility index (Phi) is 12.8. The van der Waals surface area contributed by atoms with Crippen molar-refractivity contribution < 1.29 is 19.1 Å². The van der Waals surface area contributed by atoms with E-state index in [-0.39, 0.29) is 40.4 Å². The first kappa shape index (κ1) is 35.3. The lowest BCUT2D eigenvalue weighted by molar-refractivity contribution is -0.139. The van der Waals surface area contributed by atoms with E-state index in [1.54, 1.807) is 25.1 Å². The molecule has 45 heavy (non-hydrogen) atoms. The highest BCUT2D eigenvalue weighted by atomic mass is 16.5. The van der Waals surface area contributed by atoms with Crippen molar-refractivity contribution in [3.8, 4) is 0 Å². The van der Waals surface area contributed by atoms with Crippen LogP contribution in [0.5, 0.6) is 0 Å². The molecule has 11 heteroatoms. The molecule has 3 rings (SSSR count). The second kappa shape index (κ2) is 16.2. The molecule has 1 aromatic carbocycles. The van der Waals surface area contributed by atoms with Gasteiger partial charge in [-0.15, -0.1) is 0 Å². The van der Waals surface area contributed by atoms with E-state index in [2.05, 4.69) is 65.9 Å². The third kappa shape index (κ3) is 12.4. The Morgan fingerprint density at radius 1 is 1.09 bits per heavy atom. The number of benzene rings is 1. The second-order valence-electron chi connectivity index (χ2n) is 13.4. The molecular formula is C34H50N6O5. The summed E-state index contributed by atoms with van der Waals surface area (Å²) >= 11 is 0. The number of aromatic amines is 1. The molecule has 0 radical (unpaired) electrons. The number of urea groups is 2. The van der Waals surface area contributed by atoms with Crippen LogP contribution in [0.25, 0.3) is 6.08 Å². The maximum absolute atomic E-state index is 12.9. The normalized spacial score (nSPS) is 19.8. The topological polar surface area (TPSA) is 154 Å². The van der Waals surface area contributed by atoms with Crippen molar-refractivity contribution in [2.24, 2.45) is 16.7 Å². The number of aromatic nitrogens is 2. The lowest BCUT2D eigenvalue weighted by Crippen LogP contribution is -2.51. The number of anilines is 2. The number of ether oxygens (including phenoxy) is 1. The first-order chi connectivity index (χ1) is 21.3. The third-order valence-corrected chi connectivity index (χ3v) is 8.14. The third-order valence-electron chi connectivity index (χ3n) is 8.14. The van der Waals surface area contributed by atoms with Gasteiger partial charge in [0.05, 0.1) is 6.61 Å². The number of hydrogen-bond acceptors (Lipinski definition) is 6. The van der Waals surface area contributed by atoms with Crippen LogP contribution in [-0.4, -0.2) is 47.2 Å². The average molecular weight is 623 g/mol. The van der Waals surface area contributed by atoms with Crippen LogP contribution in [0.3, 0.4) is 0 Å². The molecule has 1 aromatic heterocycles. The molecule has 11 nitrogen and oxygen atoms in total. The van der Waals surface area contributed by atoms with Crippen LogP contribution in [0.2, 0.25) is 0 Å². The summed E-state index contributed by atoms with van der Waals surface area (Å²) in [5.74, 6) is 0.128. The fourth-order valence-electron chi connectivity index (χ4n) is 6.29. The number of nitrogens with zero attached hydrogens (tertiary/aromatic N) is 1. The van der Waals surface area contributed by atoms with Crippen LogP contribution < -0.4 is 26.8 Å². The standard InChI is InChI=1S/C34H50N6O5/c1-7-9-10-24(8-2)20-45-29(42)16-13-25-11-14-26(15-12-25)37-32(44)38-27-18-33(4,5)21-34(6,19-27)22-35-31(43)40-30-36-23(3)17-28(41)39-30/h11-17,24,27H,7-10,18-22H2,1-6H3,(H2,37,38,44)(H3,35,36,39,40,41,43). The zero-order valence-electron chi connectivity index (χ0n) is 27.5. The predicted octanol–water partition coefficient (Wildman–Crippen LogP) is 6.38. The lowest BCUT2D eigenvalue weighted by Gasteiger charge is -2.46. The molecule has 1 saturated carbocycles. The van der Waals surface area contributed by atoms with Gasteiger partial charge in [0.15, 0.2) is 0 Å². The number of carbonyl (C=O) groups is 3. The molecule has 1 aliphatic carbocycles. The van der Waals surface area contributed by atoms with E-state index in [4.69, 9.17) is 4.74 Å². The molecule has 246 valence electrons. The lowest BCUT2D eigenvalue weighted by atomic mass is 9.62. The molecule has 4 amide bonds. The van der Waals surface area contributed by atoms with E-state index in [1.807, 2.05) is 12.1 Å². The van der Waals surface area contributed by atoms with Crippen LogP contribution >= 0.6 is 0 Å². The molecule has 2 aromatic rings. The monoisotopic (exact) mass is 622 g/mol. The number of esters is 1. The maximum Gasteiger partial charge on any atom is 0.330 e. The van der Waals surface area contributed by atoms with E-state index in [1.165, 1.54) is 12.1 Å². The number of H-pyrrole nitrogens is 1. The molecule has 0 bridgehead atoms. The van der Waals surface area contributed by atoms with E-state index in [0.29, 0.717) is 36.9 Å². The molecule has 0 aliphatic heterocycles. The second-order valence-corrected chi connectivity index (χ2v) is 13.4. The molecule has 5 N–H and O–H groups in total. The molecule has 3 atom stereocenters. The molecule has 1 fully saturated rings. The summed E-state index contributed by atoms with van der Waals surface area (Å²) < 4.78 is 5.42. The van der Waals surface area contributed by atoms with Crippen LogP contribution in [0.4, 0.5) is 21.2 Å². The Bertz CT molecular complexity index is 1390. The first-order valence-corrected chi connectivity index (χ1v) is 15.9. The van der Waals surface area contributed by atoms with E-state index < -0.39 is 6.03 Å². The number of unbranched alkanes of at least 4 members (excludes halogenated alkanes) is 1. The van der Waals surface area contributed by atoms with Crippen molar-refractivity contribution in [3.63, 3.8) is 0 Å². The summed E-state index contributed by atoms with van der Waals surface area (Å²) in [6, 6.07) is 7.72. The van der Waals surface area contributed by atoms with Gasteiger partial charge in [-0.25, -0.2) is 19.4 Å². The maximum atomic E-state index is 12.9. The van der Waals surface area contributed by atoms with E-state index in [0.717, 1.165) is 44.1 Å². The smallest absolute Gasteiger partial charge is 0.330 e. The highest BCUT2D eigenvalue weighted by Crippen LogP contribution is 2.45. The van der Waals surface area contributed by atoms with Crippen molar-refractivity contribution in [2.45, 2.75) is 92.5 Å². The fourth-order valence-corrected chi connectivity index (χ4v) is 6.29. The Balaban J connectivity index is 1.48. The van der Waals surface area contributed by atoms with Crippen LogP contribution in [0.15, 0.2) is 41.2 Å². The molecule has 3 unspecified atom stereocenters. The average Bonchev–Trinajstić information content (AvgIpc) is 2.94. The van der Waals surface area contributed by atoms with Gasteiger partial charge in [-0.3, -0.25) is 15.1 Å². The zero-order valence-corrected chi connectivity index (χ0v) is 27.5. The van der Waals surface area contributed by atoms with Gasteiger partial charge in [-0.2, -0.15) is 0 Å². The Hall–Kier alpha value is -4.15. The molecule has 1 heterocycles. The van der Waals surface area contributed by atoms with Crippen LogP contribution in [0.1, 0.15) is 90.8 Å². The van der Waals surface area contributed by atoms with Gasteiger partial charge in [0.2, 0.25) is 5.95 Å². The van der Waals surface area contributed by atoms with Gasteiger partial charge in [0.1, 0.15) is 0 Å². The zero-order chi connectivity index (χ0) is 33.0. The summed E-state index contributed by atoms with van der Waals surface area (Å²) in [5.41, 5.74) is 1.29. The highest BCUT2D eigenvalue weighted by molar-refractivity contribution is 5.90. The number of nitrogens with one attached hydrogen (secondary N) is 5. The molecule has 0 saturated heterocycles. The van der Waals surface area contributed by atoms with Gasteiger partial charge in [0.25, 0.3) is 5.56 Å². The van der Waals surface area contributed by atoms with Gasteiger partial charge < -0.3 is 20.7 Å².